The van der Waals surface area contributed by atoms with E-state index in [9.17, 15) is 14.7 Å². The second-order valence-corrected chi connectivity index (χ2v) is 6.42. The third kappa shape index (κ3) is 1.55. The molecule has 19 heavy (non-hydrogen) atoms. The number of carbonyl (C=O) groups is 2. The first-order valence-corrected chi connectivity index (χ1v) is 6.99. The molecule has 1 aliphatic heterocycles. The molecule has 104 valence electrons. The molecule has 0 aromatic rings. The summed E-state index contributed by atoms with van der Waals surface area (Å²) >= 11 is 0. The van der Waals surface area contributed by atoms with Crippen molar-refractivity contribution < 1.29 is 19.4 Å². The number of Topliss-reactive ketones (excluding diaryl/α,β-unsaturated/α-hetero) is 1. The van der Waals surface area contributed by atoms with E-state index in [1.54, 1.807) is 0 Å². The highest BCUT2D eigenvalue weighted by Crippen LogP contribution is 2.54. The Morgan fingerprint density at radius 2 is 2.05 bits per heavy atom. The lowest BCUT2D eigenvalue weighted by Gasteiger charge is -2.45. The molecule has 4 nitrogen and oxygen atoms in total. The van der Waals surface area contributed by atoms with Crippen molar-refractivity contribution in [2.45, 2.75) is 52.2 Å². The van der Waals surface area contributed by atoms with Gasteiger partial charge in [0.1, 0.15) is 11.9 Å². The molecule has 5 atom stereocenters. The van der Waals surface area contributed by atoms with Gasteiger partial charge in [-0.2, -0.15) is 0 Å². The second-order valence-electron chi connectivity index (χ2n) is 6.42. The third-order valence-corrected chi connectivity index (χ3v) is 5.42. The summed E-state index contributed by atoms with van der Waals surface area (Å²) in [6, 6.07) is 0. The summed E-state index contributed by atoms with van der Waals surface area (Å²) in [6.07, 6.45) is 0.761. The number of esters is 1. The smallest absolute Gasteiger partial charge is 0.309 e. The van der Waals surface area contributed by atoms with Crippen LogP contribution in [0.1, 0.15) is 40.0 Å². The van der Waals surface area contributed by atoms with E-state index in [-0.39, 0.29) is 36.1 Å². The zero-order valence-corrected chi connectivity index (χ0v) is 11.6. The predicted molar refractivity (Wildman–Crippen MR) is 68.2 cm³/mol. The highest BCUT2D eigenvalue weighted by atomic mass is 16.6. The van der Waals surface area contributed by atoms with Crippen LogP contribution in [-0.4, -0.2) is 29.1 Å². The summed E-state index contributed by atoms with van der Waals surface area (Å²) in [4.78, 5) is 24.1. The predicted octanol–water partition coefficient (Wildman–Crippen LogP) is 1.61. The number of rotatable bonds is 0. The third-order valence-electron chi connectivity index (χ3n) is 5.42. The molecule has 1 saturated heterocycles. The Balaban J connectivity index is 2.11. The Labute approximate surface area is 112 Å². The Hall–Kier alpha value is -1.16. The van der Waals surface area contributed by atoms with Crippen LogP contribution in [0.5, 0.6) is 0 Å². The molecule has 1 N–H and O–H groups in total. The maximum Gasteiger partial charge on any atom is 0.309 e. The number of ether oxygens (including phenoxy) is 1. The molecule has 3 aliphatic rings. The molecule has 0 aromatic heterocycles. The Kier molecular flexibility index (Phi) is 2.65. The lowest BCUT2D eigenvalue weighted by Crippen LogP contribution is -2.48. The van der Waals surface area contributed by atoms with Crippen molar-refractivity contribution in [2.24, 2.45) is 17.3 Å². The standard InChI is InChI=1S/C15H20O4/c1-7-9-4-5-15(3)11(17)6-10(16)8(2)12(15)13(9)19-14(7)18/h7,9-10,13,16H,4-6H2,1-3H3. The molecule has 2 aliphatic carbocycles. The fraction of sp³-hybridized carbons (Fsp3) is 0.733. The van der Waals surface area contributed by atoms with Gasteiger partial charge >= 0.3 is 5.97 Å². The summed E-state index contributed by atoms with van der Waals surface area (Å²) in [5, 5.41) is 10.0. The van der Waals surface area contributed by atoms with Crippen LogP contribution < -0.4 is 0 Å². The number of carbonyl (C=O) groups excluding carboxylic acids is 2. The van der Waals surface area contributed by atoms with Gasteiger partial charge in [-0.05, 0) is 37.8 Å². The zero-order valence-electron chi connectivity index (χ0n) is 11.6. The summed E-state index contributed by atoms with van der Waals surface area (Å²) in [5.41, 5.74) is 1.17. The van der Waals surface area contributed by atoms with Gasteiger partial charge in [-0.3, -0.25) is 9.59 Å². The molecule has 4 heteroatoms. The number of aliphatic hydroxyl groups is 1. The van der Waals surface area contributed by atoms with Gasteiger partial charge in [0.15, 0.2) is 0 Å². The van der Waals surface area contributed by atoms with Crippen LogP contribution in [0, 0.1) is 17.3 Å². The van der Waals surface area contributed by atoms with Gasteiger partial charge in [-0.15, -0.1) is 0 Å². The number of ketones is 1. The van der Waals surface area contributed by atoms with Gasteiger partial charge in [0, 0.05) is 12.3 Å². The first-order valence-electron chi connectivity index (χ1n) is 6.99. The first-order chi connectivity index (χ1) is 8.86. The lowest BCUT2D eigenvalue weighted by atomic mass is 9.58. The van der Waals surface area contributed by atoms with E-state index in [1.165, 1.54) is 0 Å². The van der Waals surface area contributed by atoms with E-state index in [1.807, 2.05) is 20.8 Å². The summed E-state index contributed by atoms with van der Waals surface area (Å²) in [6.45, 7) is 5.70. The van der Waals surface area contributed by atoms with Gasteiger partial charge < -0.3 is 9.84 Å². The molecule has 1 saturated carbocycles. The van der Waals surface area contributed by atoms with E-state index < -0.39 is 11.5 Å². The fourth-order valence-electron chi connectivity index (χ4n) is 4.02. The van der Waals surface area contributed by atoms with Crippen LogP contribution >= 0.6 is 0 Å². The number of aliphatic hydroxyl groups excluding tert-OH is 1. The van der Waals surface area contributed by atoms with Gasteiger partial charge in [0.25, 0.3) is 0 Å². The fourth-order valence-corrected chi connectivity index (χ4v) is 4.02. The van der Waals surface area contributed by atoms with Gasteiger partial charge in [-0.1, -0.05) is 6.92 Å². The van der Waals surface area contributed by atoms with Crippen molar-refractivity contribution in [1.29, 1.82) is 0 Å². The van der Waals surface area contributed by atoms with Crippen LogP contribution in [-0.2, 0) is 14.3 Å². The second kappa shape index (κ2) is 3.92. The maximum atomic E-state index is 12.3. The molecule has 0 bridgehead atoms. The monoisotopic (exact) mass is 264 g/mol. The van der Waals surface area contributed by atoms with E-state index in [2.05, 4.69) is 0 Å². The number of fused-ring (bicyclic) bond motifs is 3. The molecular weight excluding hydrogens is 244 g/mol. The van der Waals surface area contributed by atoms with E-state index in [0.29, 0.717) is 0 Å². The van der Waals surface area contributed by atoms with Gasteiger partial charge in [0.05, 0.1) is 17.4 Å². The quantitative estimate of drug-likeness (QED) is 0.533. The number of hydrogen-bond donors (Lipinski definition) is 1. The summed E-state index contributed by atoms with van der Waals surface area (Å²) < 4.78 is 5.52. The Bertz CT molecular complexity index is 492. The highest BCUT2D eigenvalue weighted by molar-refractivity contribution is 5.91. The Morgan fingerprint density at radius 1 is 1.37 bits per heavy atom. The molecule has 0 spiro atoms. The van der Waals surface area contributed by atoms with E-state index in [4.69, 9.17) is 4.74 Å². The van der Waals surface area contributed by atoms with Crippen molar-refractivity contribution >= 4 is 11.8 Å². The van der Waals surface area contributed by atoms with Crippen molar-refractivity contribution in [3.05, 3.63) is 11.1 Å². The molecule has 2 fully saturated rings. The molecule has 3 rings (SSSR count). The van der Waals surface area contributed by atoms with E-state index in [0.717, 1.165) is 24.0 Å². The Morgan fingerprint density at radius 3 is 2.74 bits per heavy atom. The minimum Gasteiger partial charge on any atom is -0.457 e. The van der Waals surface area contributed by atoms with Gasteiger partial charge in [-0.25, -0.2) is 0 Å². The molecule has 5 unspecified atom stereocenters. The summed E-state index contributed by atoms with van der Waals surface area (Å²) in [5.74, 6) is -0.0469. The minimum absolute atomic E-state index is 0.0784. The van der Waals surface area contributed by atoms with Crippen molar-refractivity contribution in [1.82, 2.24) is 0 Å². The van der Waals surface area contributed by atoms with Gasteiger partial charge in [0.2, 0.25) is 0 Å². The average Bonchev–Trinajstić information content (AvgIpc) is 2.63. The summed E-state index contributed by atoms with van der Waals surface area (Å²) in [7, 11) is 0. The van der Waals surface area contributed by atoms with E-state index >= 15 is 0 Å². The molecule has 0 radical (unpaired) electrons. The lowest BCUT2D eigenvalue weighted by molar-refractivity contribution is -0.144. The largest absolute Gasteiger partial charge is 0.457 e. The van der Waals surface area contributed by atoms with Crippen LogP contribution in [0.15, 0.2) is 11.1 Å². The molecule has 0 amide bonds. The van der Waals surface area contributed by atoms with Crippen molar-refractivity contribution in [3.63, 3.8) is 0 Å². The van der Waals surface area contributed by atoms with Crippen LogP contribution in [0.3, 0.4) is 0 Å². The normalized spacial score (nSPS) is 45.9. The zero-order chi connectivity index (χ0) is 13.9. The van der Waals surface area contributed by atoms with Crippen LogP contribution in [0.25, 0.3) is 0 Å². The minimum atomic E-state index is -0.719. The maximum absolute atomic E-state index is 12.3. The highest BCUT2D eigenvalue weighted by Gasteiger charge is 2.56. The van der Waals surface area contributed by atoms with Crippen molar-refractivity contribution in [3.8, 4) is 0 Å². The first kappa shape index (κ1) is 12.9. The molecule has 0 aromatic carbocycles. The topological polar surface area (TPSA) is 63.6 Å². The SMILES string of the molecule is CC1=C2C3OC(=O)C(C)C3CCC2(C)C(=O)CC1O. The molecule has 1 heterocycles. The van der Waals surface area contributed by atoms with Crippen LogP contribution in [0.4, 0.5) is 0 Å². The average molecular weight is 264 g/mol. The van der Waals surface area contributed by atoms with Crippen LogP contribution in [0.2, 0.25) is 0 Å². The molecular formula is C15H20O4. The van der Waals surface area contributed by atoms with Crippen molar-refractivity contribution in [2.75, 3.05) is 0 Å². The number of hydrogen-bond acceptors (Lipinski definition) is 4.